The number of hydrogen-bond acceptors (Lipinski definition) is 3. The Morgan fingerprint density at radius 2 is 1.95 bits per heavy atom. The standard InChI is InChI=1S/C16H25NO2/c1-12(2)11-19-14-8-7-13(9-15(14)18-6)10-17-16(3,4)5/h7-9,17H,1,10-11H2,2-6H3. The smallest absolute Gasteiger partial charge is 0.161 e. The van der Waals surface area contributed by atoms with Gasteiger partial charge in [0.15, 0.2) is 11.5 Å². The molecule has 1 aromatic rings. The second-order valence-corrected chi connectivity index (χ2v) is 5.83. The zero-order valence-corrected chi connectivity index (χ0v) is 12.7. The second kappa shape index (κ2) is 6.62. The van der Waals surface area contributed by atoms with Crippen LogP contribution in [0.2, 0.25) is 0 Å². The van der Waals surface area contributed by atoms with Gasteiger partial charge >= 0.3 is 0 Å². The molecule has 0 saturated carbocycles. The van der Waals surface area contributed by atoms with Crippen molar-refractivity contribution in [3.63, 3.8) is 0 Å². The summed E-state index contributed by atoms with van der Waals surface area (Å²) in [6, 6.07) is 6.00. The van der Waals surface area contributed by atoms with Crippen molar-refractivity contribution in [2.75, 3.05) is 13.7 Å². The fourth-order valence-electron chi connectivity index (χ4n) is 1.51. The summed E-state index contributed by atoms with van der Waals surface area (Å²) in [5, 5.41) is 3.45. The lowest BCUT2D eigenvalue weighted by Crippen LogP contribution is -2.35. The lowest BCUT2D eigenvalue weighted by Gasteiger charge is -2.21. The van der Waals surface area contributed by atoms with Crippen molar-refractivity contribution >= 4 is 0 Å². The molecule has 0 unspecified atom stereocenters. The van der Waals surface area contributed by atoms with Crippen LogP contribution in [0.5, 0.6) is 11.5 Å². The molecule has 0 spiro atoms. The molecule has 0 saturated heterocycles. The maximum atomic E-state index is 5.64. The molecule has 1 aromatic carbocycles. The minimum absolute atomic E-state index is 0.0996. The number of benzene rings is 1. The third kappa shape index (κ3) is 5.79. The molecule has 0 fully saturated rings. The maximum Gasteiger partial charge on any atom is 0.161 e. The van der Waals surface area contributed by atoms with Gasteiger partial charge in [-0.3, -0.25) is 0 Å². The largest absolute Gasteiger partial charge is 0.493 e. The van der Waals surface area contributed by atoms with Crippen LogP contribution in [-0.2, 0) is 6.54 Å². The zero-order chi connectivity index (χ0) is 14.5. The molecule has 19 heavy (non-hydrogen) atoms. The molecule has 0 aromatic heterocycles. The Balaban J connectivity index is 2.75. The van der Waals surface area contributed by atoms with Gasteiger partial charge in [0, 0.05) is 12.1 Å². The van der Waals surface area contributed by atoms with Crippen molar-refractivity contribution in [1.29, 1.82) is 0 Å². The Kier molecular flexibility index (Phi) is 5.43. The average Bonchev–Trinajstić information content (AvgIpc) is 2.33. The summed E-state index contributed by atoms with van der Waals surface area (Å²) >= 11 is 0. The molecule has 1 N–H and O–H groups in total. The first kappa shape index (κ1) is 15.6. The molecule has 0 heterocycles. The van der Waals surface area contributed by atoms with Crippen molar-refractivity contribution in [3.8, 4) is 11.5 Å². The van der Waals surface area contributed by atoms with E-state index in [2.05, 4.69) is 38.7 Å². The fraction of sp³-hybridized carbons (Fsp3) is 0.500. The maximum absolute atomic E-state index is 5.64. The van der Waals surface area contributed by atoms with Crippen molar-refractivity contribution in [2.45, 2.75) is 39.8 Å². The summed E-state index contributed by atoms with van der Waals surface area (Å²) in [5.74, 6) is 1.51. The molecule has 106 valence electrons. The van der Waals surface area contributed by atoms with Gasteiger partial charge in [0.1, 0.15) is 6.61 Å². The van der Waals surface area contributed by atoms with Gasteiger partial charge in [0.25, 0.3) is 0 Å². The predicted molar refractivity (Wildman–Crippen MR) is 79.9 cm³/mol. The van der Waals surface area contributed by atoms with E-state index < -0.39 is 0 Å². The predicted octanol–water partition coefficient (Wildman–Crippen LogP) is 3.54. The summed E-state index contributed by atoms with van der Waals surface area (Å²) in [6.07, 6.45) is 0. The highest BCUT2D eigenvalue weighted by Crippen LogP contribution is 2.28. The van der Waals surface area contributed by atoms with Crippen molar-refractivity contribution in [1.82, 2.24) is 5.32 Å². The van der Waals surface area contributed by atoms with Gasteiger partial charge in [0.2, 0.25) is 0 Å². The van der Waals surface area contributed by atoms with Crippen LogP contribution in [0.4, 0.5) is 0 Å². The summed E-state index contributed by atoms with van der Waals surface area (Å²) in [6.45, 7) is 13.5. The molecule has 0 aliphatic heterocycles. The summed E-state index contributed by atoms with van der Waals surface area (Å²) in [4.78, 5) is 0. The number of methoxy groups -OCH3 is 1. The molecule has 3 nitrogen and oxygen atoms in total. The molecular formula is C16H25NO2. The van der Waals surface area contributed by atoms with E-state index in [1.165, 1.54) is 5.56 Å². The van der Waals surface area contributed by atoms with Crippen LogP contribution in [0.1, 0.15) is 33.3 Å². The normalized spacial score (nSPS) is 11.2. The SMILES string of the molecule is C=C(C)COc1ccc(CNC(C)(C)C)cc1OC. The quantitative estimate of drug-likeness (QED) is 0.796. The summed E-state index contributed by atoms with van der Waals surface area (Å²) < 4.78 is 11.0. The van der Waals surface area contributed by atoms with E-state index in [-0.39, 0.29) is 5.54 Å². The first-order chi connectivity index (χ1) is 8.81. The Labute approximate surface area is 116 Å². The van der Waals surface area contributed by atoms with Crippen molar-refractivity contribution in [2.24, 2.45) is 0 Å². The Morgan fingerprint density at radius 1 is 1.26 bits per heavy atom. The van der Waals surface area contributed by atoms with Crippen LogP contribution in [0.25, 0.3) is 0 Å². The van der Waals surface area contributed by atoms with Gasteiger partial charge < -0.3 is 14.8 Å². The Bertz CT molecular complexity index is 433. The highest BCUT2D eigenvalue weighted by molar-refractivity contribution is 5.43. The van der Waals surface area contributed by atoms with E-state index >= 15 is 0 Å². The second-order valence-electron chi connectivity index (χ2n) is 5.83. The van der Waals surface area contributed by atoms with Crippen molar-refractivity contribution in [3.05, 3.63) is 35.9 Å². The van der Waals surface area contributed by atoms with E-state index in [1.807, 2.05) is 19.1 Å². The van der Waals surface area contributed by atoms with Gasteiger partial charge in [-0.15, -0.1) is 0 Å². The third-order valence-corrected chi connectivity index (χ3v) is 2.52. The molecule has 0 radical (unpaired) electrons. The topological polar surface area (TPSA) is 30.5 Å². The average molecular weight is 263 g/mol. The van der Waals surface area contributed by atoms with E-state index in [0.29, 0.717) is 6.61 Å². The minimum Gasteiger partial charge on any atom is -0.493 e. The van der Waals surface area contributed by atoms with Crippen LogP contribution in [0.3, 0.4) is 0 Å². The molecule has 0 bridgehead atoms. The lowest BCUT2D eigenvalue weighted by molar-refractivity contribution is 0.319. The first-order valence-electron chi connectivity index (χ1n) is 6.51. The van der Waals surface area contributed by atoms with E-state index in [9.17, 15) is 0 Å². The van der Waals surface area contributed by atoms with Crippen molar-refractivity contribution < 1.29 is 9.47 Å². The van der Waals surface area contributed by atoms with E-state index in [1.54, 1.807) is 7.11 Å². The molecule has 1 rings (SSSR count). The number of nitrogens with one attached hydrogen (secondary N) is 1. The van der Waals surface area contributed by atoms with Crippen LogP contribution < -0.4 is 14.8 Å². The molecule has 0 atom stereocenters. The summed E-state index contributed by atoms with van der Waals surface area (Å²) in [7, 11) is 1.66. The molecule has 3 heteroatoms. The van der Waals surface area contributed by atoms with Gasteiger partial charge in [-0.2, -0.15) is 0 Å². The Morgan fingerprint density at radius 3 is 2.47 bits per heavy atom. The monoisotopic (exact) mass is 263 g/mol. The summed E-state index contributed by atoms with van der Waals surface area (Å²) in [5.41, 5.74) is 2.26. The molecular weight excluding hydrogens is 238 g/mol. The highest BCUT2D eigenvalue weighted by atomic mass is 16.5. The van der Waals surface area contributed by atoms with E-state index in [0.717, 1.165) is 23.6 Å². The van der Waals surface area contributed by atoms with Crippen LogP contribution >= 0.6 is 0 Å². The zero-order valence-electron chi connectivity index (χ0n) is 12.7. The molecule has 0 aliphatic carbocycles. The van der Waals surface area contributed by atoms with Gasteiger partial charge in [-0.1, -0.05) is 12.6 Å². The lowest BCUT2D eigenvalue weighted by atomic mass is 10.1. The Hall–Kier alpha value is -1.48. The molecule has 0 amide bonds. The minimum atomic E-state index is 0.0996. The number of rotatable bonds is 6. The fourth-order valence-corrected chi connectivity index (χ4v) is 1.51. The van der Waals surface area contributed by atoms with Crippen LogP contribution in [0.15, 0.2) is 30.4 Å². The number of ether oxygens (including phenoxy) is 2. The third-order valence-electron chi connectivity index (χ3n) is 2.52. The van der Waals surface area contributed by atoms with Gasteiger partial charge in [-0.25, -0.2) is 0 Å². The molecule has 0 aliphatic rings. The number of hydrogen-bond donors (Lipinski definition) is 1. The first-order valence-corrected chi connectivity index (χ1v) is 6.51. The highest BCUT2D eigenvalue weighted by Gasteiger charge is 2.10. The van der Waals surface area contributed by atoms with Crippen LogP contribution in [0, 0.1) is 0 Å². The van der Waals surface area contributed by atoms with E-state index in [4.69, 9.17) is 9.47 Å². The van der Waals surface area contributed by atoms with Crippen LogP contribution in [-0.4, -0.2) is 19.3 Å². The van der Waals surface area contributed by atoms with Gasteiger partial charge in [0.05, 0.1) is 7.11 Å². The van der Waals surface area contributed by atoms with Gasteiger partial charge in [-0.05, 0) is 51.0 Å².